The fourth-order valence-corrected chi connectivity index (χ4v) is 13.8. The smallest absolute Gasteiger partial charge is 0.241 e. The summed E-state index contributed by atoms with van der Waals surface area (Å²) in [5.74, 6) is 0. The van der Waals surface area contributed by atoms with E-state index in [1.54, 1.807) is 72.8 Å². The van der Waals surface area contributed by atoms with Gasteiger partial charge in [0.05, 0.1) is 42.9 Å². The Morgan fingerprint density at radius 2 is 0.556 bits per heavy atom. The lowest BCUT2D eigenvalue weighted by molar-refractivity contribution is 0.586. The average Bonchev–Trinajstić information content (AvgIpc) is 4.22. The molecule has 0 spiro atoms. The molecule has 370 valence electrons. The second-order valence-corrected chi connectivity index (χ2v) is 24.7. The molecule has 0 aliphatic carbocycles. The molecule has 24 heteroatoms. The molecule has 7 aromatic rings. The second-order valence-electron chi connectivity index (χ2n) is 15.8. The van der Waals surface area contributed by atoms with Crippen LogP contribution in [0.3, 0.4) is 0 Å². The highest BCUT2D eigenvalue weighted by molar-refractivity contribution is 7.90. The fourth-order valence-electron chi connectivity index (χ4n) is 8.42. The first-order valence-electron chi connectivity index (χ1n) is 21.2. The predicted molar refractivity (Wildman–Crippen MR) is 286 cm³/mol. The number of hydrogen-bond acceptors (Lipinski definition) is 10. The Morgan fingerprint density at radius 3 is 0.750 bits per heavy atom. The number of hydrogen-bond donors (Lipinski definition) is 6. The van der Waals surface area contributed by atoms with E-state index in [0.29, 0.717) is 44.3 Å². The monoisotopic (exact) mass is 1120 g/mol. The van der Waals surface area contributed by atoms with Gasteiger partial charge in [-0.2, -0.15) is 0 Å². The van der Waals surface area contributed by atoms with Gasteiger partial charge in [0.15, 0.2) is 0 Å². The topological polar surface area (TPSA) is 242 Å². The summed E-state index contributed by atoms with van der Waals surface area (Å²) in [6.07, 6.45) is 6.70. The average molecular weight is 1120 g/mol. The van der Waals surface area contributed by atoms with Crippen molar-refractivity contribution in [3.05, 3.63) is 140 Å². The Kier molecular flexibility index (Phi) is 13.7. The summed E-state index contributed by atoms with van der Waals surface area (Å²) in [6, 6.07) is 24.9. The van der Waals surface area contributed by atoms with Crippen LogP contribution < -0.4 is 18.9 Å². The maximum Gasteiger partial charge on any atom is 0.241 e. The van der Waals surface area contributed by atoms with Crippen LogP contribution in [-0.2, 0) is 40.1 Å². The molecule has 4 aromatic carbocycles. The van der Waals surface area contributed by atoms with E-state index in [-0.39, 0.29) is 84.7 Å². The molecule has 0 unspecified atom stereocenters. The second kappa shape index (κ2) is 19.3. The van der Waals surface area contributed by atoms with Gasteiger partial charge in [0.25, 0.3) is 0 Å². The van der Waals surface area contributed by atoms with Crippen molar-refractivity contribution in [2.45, 2.75) is 19.6 Å². The van der Waals surface area contributed by atoms with Gasteiger partial charge >= 0.3 is 0 Å². The van der Waals surface area contributed by atoms with Gasteiger partial charge in [0.2, 0.25) is 40.1 Å². The third-order valence-electron chi connectivity index (χ3n) is 11.9. The zero-order valence-electron chi connectivity index (χ0n) is 37.9. The Bertz CT molecular complexity index is 3660. The van der Waals surface area contributed by atoms with Crippen molar-refractivity contribution >= 4 is 133 Å². The lowest BCUT2D eigenvalue weighted by Gasteiger charge is -2.13. The summed E-state index contributed by atoms with van der Waals surface area (Å²) in [7, 11) is -11.4. The molecule has 3 aromatic heterocycles. The molecule has 0 atom stereocenters. The molecular weight excluding hydrogens is 1090 g/mol. The summed E-state index contributed by atoms with van der Waals surface area (Å²) in [5, 5.41) is -0.570. The van der Waals surface area contributed by atoms with Crippen molar-refractivity contribution in [2.24, 2.45) is 0 Å². The van der Waals surface area contributed by atoms with E-state index < -0.39 is 40.1 Å². The normalized spacial score (nSPS) is 13.0. The number of benzene rings is 4. The van der Waals surface area contributed by atoms with Crippen LogP contribution in [0.1, 0.15) is 22.8 Å². The van der Waals surface area contributed by atoms with E-state index in [4.69, 9.17) is 56.4 Å². The Balaban J connectivity index is 1.54. The molecular formula is C48H38Cl4N8O8S4. The summed E-state index contributed by atoms with van der Waals surface area (Å²) in [4.78, 5) is 16.3. The van der Waals surface area contributed by atoms with Crippen LogP contribution in [0.25, 0.3) is 90.9 Å². The number of sulfonamides is 4. The molecule has 16 nitrogen and oxygen atoms in total. The summed E-state index contributed by atoms with van der Waals surface area (Å²) < 4.78 is 116. The number of nitrogens with zero attached hydrogens (tertiary/aromatic N) is 2. The van der Waals surface area contributed by atoms with Crippen LogP contribution in [-0.4, -0.2) is 81.8 Å². The molecule has 0 saturated carbocycles. The standard InChI is InChI=1S/C48H38Cl4N8O8S4/c1-53-69(61,62)37-13-5-9-25(45(37)49)41-29-17-19-31(57-29)42(26-10-6-14-38(46(26)50)70(63,64)54-2)33-21-23-35(59-33)44(28-12-8-16-40(48(28)52)72(67,68)56-4)36-24-22-34(60-36)43(32-20-18-30(41)58-32)27-11-7-15-39(47(27)51)71(65,66)55-3/h5-24,53-57,60H,1-4H3. The lowest BCUT2D eigenvalue weighted by Crippen LogP contribution is -2.19. The Labute approximate surface area is 434 Å². The van der Waals surface area contributed by atoms with Crippen molar-refractivity contribution in [1.82, 2.24) is 38.8 Å². The molecule has 2 aliphatic rings. The van der Waals surface area contributed by atoms with E-state index >= 15 is 0 Å². The molecule has 5 heterocycles. The van der Waals surface area contributed by atoms with Crippen molar-refractivity contribution < 1.29 is 33.7 Å². The van der Waals surface area contributed by atoms with Gasteiger partial charge < -0.3 is 9.97 Å². The number of aromatic amines is 2. The number of H-pyrrole nitrogens is 2. The number of nitrogens with one attached hydrogen (secondary N) is 6. The van der Waals surface area contributed by atoms with E-state index in [1.165, 1.54) is 76.7 Å². The molecule has 0 saturated heterocycles. The van der Waals surface area contributed by atoms with Gasteiger partial charge in [-0.05, 0) is 101 Å². The Morgan fingerprint density at radius 1 is 0.347 bits per heavy atom. The first-order chi connectivity index (χ1) is 34.2. The van der Waals surface area contributed by atoms with Crippen molar-refractivity contribution in [1.29, 1.82) is 0 Å². The number of fused-ring (bicyclic) bond motifs is 8. The first-order valence-corrected chi connectivity index (χ1v) is 28.7. The van der Waals surface area contributed by atoms with Crippen molar-refractivity contribution in [2.75, 3.05) is 28.2 Å². The minimum Gasteiger partial charge on any atom is -0.354 e. The van der Waals surface area contributed by atoms with Gasteiger partial charge in [-0.15, -0.1) is 0 Å². The molecule has 8 bridgehead atoms. The molecule has 0 amide bonds. The van der Waals surface area contributed by atoms with Crippen LogP contribution in [0, 0.1) is 0 Å². The first kappa shape index (κ1) is 51.2. The highest BCUT2D eigenvalue weighted by Gasteiger charge is 2.28. The molecule has 2 aliphatic heterocycles. The zero-order chi connectivity index (χ0) is 51.7. The van der Waals surface area contributed by atoms with Crippen LogP contribution in [0.4, 0.5) is 0 Å². The van der Waals surface area contributed by atoms with Gasteiger partial charge in [0, 0.05) is 66.6 Å². The van der Waals surface area contributed by atoms with Crippen LogP contribution in [0.2, 0.25) is 20.1 Å². The summed E-state index contributed by atoms with van der Waals surface area (Å²) in [6.45, 7) is 0. The highest BCUT2D eigenvalue weighted by Crippen LogP contribution is 2.45. The van der Waals surface area contributed by atoms with E-state index in [0.717, 1.165) is 0 Å². The van der Waals surface area contributed by atoms with Crippen LogP contribution in [0.5, 0.6) is 0 Å². The lowest BCUT2D eigenvalue weighted by atomic mass is 10.0. The van der Waals surface area contributed by atoms with Gasteiger partial charge in [0.1, 0.15) is 19.6 Å². The number of rotatable bonds is 12. The van der Waals surface area contributed by atoms with E-state index in [9.17, 15) is 33.7 Å². The van der Waals surface area contributed by atoms with Gasteiger partial charge in [-0.3, -0.25) is 0 Å². The molecule has 0 fully saturated rings. The largest absolute Gasteiger partial charge is 0.354 e. The predicted octanol–water partition coefficient (Wildman–Crippen LogP) is 9.57. The maximum absolute atomic E-state index is 13.4. The van der Waals surface area contributed by atoms with Crippen LogP contribution in [0.15, 0.2) is 117 Å². The van der Waals surface area contributed by atoms with Crippen molar-refractivity contribution in [3.8, 4) is 44.5 Å². The van der Waals surface area contributed by atoms with Gasteiger partial charge in [-0.25, -0.2) is 62.5 Å². The molecule has 6 N–H and O–H groups in total. The summed E-state index contributed by atoms with van der Waals surface area (Å²) in [5.41, 5.74) is 4.71. The quantitative estimate of drug-likeness (QED) is 0.0677. The number of aromatic nitrogens is 4. The molecule has 9 rings (SSSR count). The minimum atomic E-state index is -4.11. The molecule has 0 radical (unpaired) electrons. The summed E-state index contributed by atoms with van der Waals surface area (Å²) >= 11 is 28.3. The molecule has 72 heavy (non-hydrogen) atoms. The van der Waals surface area contributed by atoms with E-state index in [2.05, 4.69) is 28.9 Å². The van der Waals surface area contributed by atoms with Gasteiger partial charge in [-0.1, -0.05) is 94.9 Å². The number of halogens is 4. The third-order valence-corrected chi connectivity index (χ3v) is 19.8. The maximum atomic E-state index is 13.4. The van der Waals surface area contributed by atoms with Crippen molar-refractivity contribution in [3.63, 3.8) is 0 Å². The zero-order valence-corrected chi connectivity index (χ0v) is 44.1. The third kappa shape index (κ3) is 8.88. The fraction of sp³-hybridized carbons (Fsp3) is 0.0833. The highest BCUT2D eigenvalue weighted by atomic mass is 35.5. The minimum absolute atomic E-state index is 0.143. The SMILES string of the molecule is CNS(=O)(=O)c1cccc(-c2c3nc(c(-c4cccc(S(=O)(=O)NC)c4Cl)c4ccc([nH]4)c(-c4cccc(S(=O)(=O)NC)c4Cl)c4nc(c(-c5cccc(S(=O)(=O)NC)c5Cl)c5ccc2[nH]5)C=C4)C=C3)c1Cl. The van der Waals surface area contributed by atoms with Crippen LogP contribution >= 0.6 is 46.4 Å². The Hall–Kier alpha value is -5.72. The van der Waals surface area contributed by atoms with E-state index in [1.807, 2.05) is 0 Å².